The van der Waals surface area contributed by atoms with Crippen LogP contribution in [-0.4, -0.2) is 57.6 Å². The smallest absolute Gasteiger partial charge is 0.192 e. The van der Waals surface area contributed by atoms with Crippen molar-refractivity contribution in [3.63, 3.8) is 0 Å². The average molecular weight is 572 g/mol. The lowest BCUT2D eigenvalue weighted by Gasteiger charge is -2.39. The number of nitrogens with zero attached hydrogens (tertiary/aromatic N) is 4. The third-order valence-electron chi connectivity index (χ3n) is 10.3. The highest BCUT2D eigenvalue weighted by Gasteiger charge is 2.43. The average Bonchev–Trinajstić information content (AvgIpc) is 3.68. The normalized spacial score (nSPS) is 19.4. The van der Waals surface area contributed by atoms with Crippen molar-refractivity contribution in [1.82, 2.24) is 9.97 Å². The van der Waals surface area contributed by atoms with E-state index in [4.69, 9.17) is 14.4 Å². The van der Waals surface area contributed by atoms with Gasteiger partial charge in [-0.05, 0) is 86.0 Å². The second-order valence-corrected chi connectivity index (χ2v) is 19.2. The number of hydrogen-bond acceptors (Lipinski definition) is 6. The molecule has 0 amide bonds. The summed E-state index contributed by atoms with van der Waals surface area (Å²) < 4.78 is 6.40. The number of nitrogens with one attached hydrogen (secondary N) is 1. The van der Waals surface area contributed by atoms with E-state index in [1.807, 2.05) is 0 Å². The molecule has 3 aromatic rings. The minimum atomic E-state index is -1.75. The van der Waals surface area contributed by atoms with Crippen molar-refractivity contribution in [2.24, 2.45) is 0 Å². The number of aromatic nitrogens is 2. The molecule has 41 heavy (non-hydrogen) atoms. The molecule has 1 aromatic heterocycles. The Kier molecular flexibility index (Phi) is 7.56. The fourth-order valence-electron chi connectivity index (χ4n) is 5.94. The molecule has 6 nitrogen and oxygen atoms in total. The van der Waals surface area contributed by atoms with Crippen molar-refractivity contribution in [3.8, 4) is 0 Å². The summed E-state index contributed by atoms with van der Waals surface area (Å²) >= 11 is 0. The van der Waals surface area contributed by atoms with Crippen LogP contribution in [-0.2, 0) is 9.84 Å². The van der Waals surface area contributed by atoms with Gasteiger partial charge >= 0.3 is 0 Å². The Morgan fingerprint density at radius 3 is 2.37 bits per heavy atom. The van der Waals surface area contributed by atoms with E-state index in [2.05, 4.69) is 98.4 Å². The maximum absolute atomic E-state index is 6.40. The first kappa shape index (κ1) is 28.5. The van der Waals surface area contributed by atoms with Gasteiger partial charge in [0.05, 0.1) is 12.1 Å². The van der Waals surface area contributed by atoms with Gasteiger partial charge in [-0.25, -0.2) is 9.97 Å². The Morgan fingerprint density at radius 1 is 0.976 bits per heavy atom. The molecule has 0 radical (unpaired) electrons. The zero-order valence-corrected chi connectivity index (χ0v) is 27.1. The topological polar surface area (TPSA) is 53.5 Å². The standard InChI is InChI=1S/C34H49N5OSi/c1-33(2,3)41(5,6)40-23-18-35-26-12-13-29-28(24-26)31(37-32(36-29)34(4)16-17-34)39-21-14-25(15-22-39)27-10-7-8-11-30(27)38-19-9-20-38/h7-8,10-13,24-25,35H,9,14-23H2,1-6H3. The van der Waals surface area contributed by atoms with Crippen LogP contribution in [0.5, 0.6) is 0 Å². The Morgan fingerprint density at radius 2 is 1.71 bits per heavy atom. The van der Waals surface area contributed by atoms with Crippen LogP contribution in [0.1, 0.15) is 77.1 Å². The molecule has 2 aliphatic heterocycles. The first-order valence-electron chi connectivity index (χ1n) is 15.8. The summed E-state index contributed by atoms with van der Waals surface area (Å²) in [6.07, 6.45) is 6.00. The van der Waals surface area contributed by atoms with Crippen molar-refractivity contribution in [2.45, 2.75) is 89.3 Å². The third kappa shape index (κ3) is 5.85. The lowest BCUT2D eigenvalue weighted by molar-refractivity contribution is 0.301. The summed E-state index contributed by atoms with van der Waals surface area (Å²) in [6, 6.07) is 15.7. The SMILES string of the molecule is CC1(c2nc(N3CCC(c4ccccc4N4CCC4)CC3)c3cc(NCCO[Si](C)(C)C(C)(C)C)ccc3n2)CC1. The fourth-order valence-corrected chi connectivity index (χ4v) is 6.99. The summed E-state index contributed by atoms with van der Waals surface area (Å²) in [4.78, 5) is 15.4. The number of piperidine rings is 1. The van der Waals surface area contributed by atoms with Crippen molar-refractivity contribution in [2.75, 3.05) is 54.4 Å². The second kappa shape index (κ2) is 10.9. The van der Waals surface area contributed by atoms with Gasteiger partial charge in [0.25, 0.3) is 0 Å². The Bertz CT molecular complexity index is 1380. The minimum Gasteiger partial charge on any atom is -0.415 e. The molecule has 6 rings (SSSR count). The van der Waals surface area contributed by atoms with Gasteiger partial charge in [0, 0.05) is 54.9 Å². The molecule has 0 spiro atoms. The van der Waals surface area contributed by atoms with Crippen LogP contribution in [0.25, 0.3) is 10.9 Å². The van der Waals surface area contributed by atoms with E-state index in [9.17, 15) is 0 Å². The lowest BCUT2D eigenvalue weighted by atomic mass is 9.87. The predicted octanol–water partition coefficient (Wildman–Crippen LogP) is 7.71. The van der Waals surface area contributed by atoms with E-state index in [0.29, 0.717) is 5.92 Å². The molecule has 1 N–H and O–H groups in total. The van der Waals surface area contributed by atoms with E-state index in [1.54, 1.807) is 0 Å². The summed E-state index contributed by atoms with van der Waals surface area (Å²) in [6.45, 7) is 19.8. The summed E-state index contributed by atoms with van der Waals surface area (Å²) in [5.74, 6) is 2.75. The molecule has 220 valence electrons. The Hall–Kier alpha value is -2.64. The first-order valence-corrected chi connectivity index (χ1v) is 18.7. The lowest BCUT2D eigenvalue weighted by Crippen LogP contribution is -2.41. The summed E-state index contributed by atoms with van der Waals surface area (Å²) in [7, 11) is -1.75. The quantitative estimate of drug-likeness (QED) is 0.210. The summed E-state index contributed by atoms with van der Waals surface area (Å²) in [5.41, 5.74) is 5.31. The maximum atomic E-state index is 6.40. The molecule has 3 aliphatic rings. The molecule has 2 aromatic carbocycles. The number of hydrogen-bond donors (Lipinski definition) is 1. The molecule has 7 heteroatoms. The molecular formula is C34H49N5OSi. The van der Waals surface area contributed by atoms with Gasteiger partial charge in [-0.3, -0.25) is 0 Å². The van der Waals surface area contributed by atoms with Gasteiger partial charge in [-0.15, -0.1) is 0 Å². The second-order valence-electron chi connectivity index (χ2n) is 14.4. The zero-order chi connectivity index (χ0) is 28.8. The fraction of sp³-hybridized carbons (Fsp3) is 0.588. The minimum absolute atomic E-state index is 0.134. The van der Waals surface area contributed by atoms with Crippen LogP contribution >= 0.6 is 0 Å². The Labute approximate surface area is 248 Å². The molecule has 3 heterocycles. The Balaban J connectivity index is 1.20. The molecule has 2 saturated heterocycles. The van der Waals surface area contributed by atoms with Crippen molar-refractivity contribution in [1.29, 1.82) is 0 Å². The molecule has 3 fully saturated rings. The van der Waals surface area contributed by atoms with Crippen LogP contribution in [0.3, 0.4) is 0 Å². The van der Waals surface area contributed by atoms with E-state index < -0.39 is 8.32 Å². The van der Waals surface area contributed by atoms with Gasteiger partial charge in [0.2, 0.25) is 0 Å². The molecule has 0 atom stereocenters. The monoisotopic (exact) mass is 571 g/mol. The molecule has 0 unspecified atom stereocenters. The third-order valence-corrected chi connectivity index (χ3v) is 14.8. The largest absolute Gasteiger partial charge is 0.415 e. The molecule has 0 bridgehead atoms. The van der Waals surface area contributed by atoms with Crippen LogP contribution in [0.2, 0.25) is 18.1 Å². The van der Waals surface area contributed by atoms with Crippen LogP contribution in [0.15, 0.2) is 42.5 Å². The van der Waals surface area contributed by atoms with Gasteiger partial charge in [-0.2, -0.15) is 0 Å². The number of fused-ring (bicyclic) bond motifs is 1. The highest BCUT2D eigenvalue weighted by molar-refractivity contribution is 6.74. The van der Waals surface area contributed by atoms with Crippen LogP contribution in [0.4, 0.5) is 17.2 Å². The predicted molar refractivity (Wildman–Crippen MR) is 175 cm³/mol. The van der Waals surface area contributed by atoms with Crippen molar-refractivity contribution in [3.05, 3.63) is 53.9 Å². The van der Waals surface area contributed by atoms with Gasteiger partial charge in [0.1, 0.15) is 11.6 Å². The summed E-state index contributed by atoms with van der Waals surface area (Å²) in [5, 5.41) is 5.01. The first-order chi connectivity index (χ1) is 19.5. The number of para-hydroxylation sites is 1. The van der Waals surface area contributed by atoms with Crippen molar-refractivity contribution < 1.29 is 4.43 Å². The number of anilines is 3. The van der Waals surface area contributed by atoms with Crippen LogP contribution in [0, 0.1) is 0 Å². The van der Waals surface area contributed by atoms with Gasteiger partial charge < -0.3 is 19.5 Å². The molecular weight excluding hydrogens is 522 g/mol. The molecule has 1 saturated carbocycles. The van der Waals surface area contributed by atoms with Crippen molar-refractivity contribution >= 4 is 36.4 Å². The zero-order valence-electron chi connectivity index (χ0n) is 26.1. The van der Waals surface area contributed by atoms with E-state index >= 15 is 0 Å². The molecule has 1 aliphatic carbocycles. The van der Waals surface area contributed by atoms with E-state index in [1.165, 1.54) is 43.6 Å². The van der Waals surface area contributed by atoms with Gasteiger partial charge in [-0.1, -0.05) is 45.9 Å². The van der Waals surface area contributed by atoms with E-state index in [0.717, 1.165) is 67.3 Å². The van der Waals surface area contributed by atoms with E-state index in [-0.39, 0.29) is 10.5 Å². The maximum Gasteiger partial charge on any atom is 0.192 e. The van der Waals surface area contributed by atoms with Crippen LogP contribution < -0.4 is 15.1 Å². The highest BCUT2D eigenvalue weighted by Crippen LogP contribution is 2.47. The van der Waals surface area contributed by atoms with Gasteiger partial charge in [0.15, 0.2) is 8.32 Å². The number of rotatable bonds is 9. The number of benzene rings is 2. The highest BCUT2D eigenvalue weighted by atomic mass is 28.4.